The third-order valence-electron chi connectivity index (χ3n) is 3.95. The van der Waals surface area contributed by atoms with E-state index in [0.29, 0.717) is 0 Å². The van der Waals surface area contributed by atoms with Crippen LogP contribution in [-0.4, -0.2) is 29.4 Å². The number of fused-ring (bicyclic) bond motifs is 1. The Bertz CT molecular complexity index is 842. The second kappa shape index (κ2) is 6.99. The predicted octanol–water partition coefficient (Wildman–Crippen LogP) is 5.02. The smallest absolute Gasteiger partial charge is 0.128 e. The minimum atomic E-state index is 0.720. The third kappa shape index (κ3) is 3.27. The van der Waals surface area contributed by atoms with Gasteiger partial charge in [0.15, 0.2) is 0 Å². The van der Waals surface area contributed by atoms with Gasteiger partial charge in [-0.2, -0.15) is 0 Å². The van der Waals surface area contributed by atoms with E-state index in [-0.39, 0.29) is 0 Å². The van der Waals surface area contributed by atoms with Gasteiger partial charge >= 0.3 is 0 Å². The quantitative estimate of drug-likeness (QED) is 0.370. The fourth-order valence-corrected chi connectivity index (χ4v) is 4.58. The zero-order valence-corrected chi connectivity index (χ0v) is 15.5. The molecule has 0 bridgehead atoms. The van der Waals surface area contributed by atoms with Crippen molar-refractivity contribution in [3.63, 3.8) is 0 Å². The SMILES string of the molecule is COCCSc1ncnc2sc(C)c(-c3ccc(C)c(C)c3)c12. The van der Waals surface area contributed by atoms with Crippen molar-refractivity contribution in [1.29, 1.82) is 0 Å². The molecule has 2 aromatic heterocycles. The van der Waals surface area contributed by atoms with Gasteiger partial charge in [-0.25, -0.2) is 9.97 Å². The Morgan fingerprint density at radius 1 is 1.13 bits per heavy atom. The normalized spacial score (nSPS) is 11.3. The average Bonchev–Trinajstić information content (AvgIpc) is 2.87. The number of aryl methyl sites for hydroxylation is 3. The largest absolute Gasteiger partial charge is 0.384 e. The lowest BCUT2D eigenvalue weighted by Crippen LogP contribution is -1.93. The zero-order chi connectivity index (χ0) is 16.4. The van der Waals surface area contributed by atoms with E-state index in [1.54, 1.807) is 36.5 Å². The molecule has 0 saturated heterocycles. The van der Waals surface area contributed by atoms with Crippen LogP contribution in [0.15, 0.2) is 29.6 Å². The topological polar surface area (TPSA) is 35.0 Å². The van der Waals surface area contributed by atoms with E-state index in [2.05, 4.69) is 48.9 Å². The number of thiophene rings is 1. The summed E-state index contributed by atoms with van der Waals surface area (Å²) in [6, 6.07) is 6.66. The molecule has 0 aliphatic heterocycles. The summed E-state index contributed by atoms with van der Waals surface area (Å²) in [5.41, 5.74) is 5.15. The predicted molar refractivity (Wildman–Crippen MR) is 99.7 cm³/mol. The van der Waals surface area contributed by atoms with Crippen LogP contribution in [0.5, 0.6) is 0 Å². The number of hydrogen-bond donors (Lipinski definition) is 0. The number of aromatic nitrogens is 2. The highest BCUT2D eigenvalue weighted by molar-refractivity contribution is 7.99. The standard InChI is InChI=1S/C18H20N2OS2/c1-11-5-6-14(9-12(11)2)15-13(3)23-18-16(15)17(19-10-20-18)22-8-7-21-4/h5-6,9-10H,7-8H2,1-4H3. The lowest BCUT2D eigenvalue weighted by atomic mass is 9.99. The van der Waals surface area contributed by atoms with E-state index in [9.17, 15) is 0 Å². The van der Waals surface area contributed by atoms with Crippen molar-refractivity contribution in [2.75, 3.05) is 19.5 Å². The van der Waals surface area contributed by atoms with E-state index in [1.807, 2.05) is 0 Å². The van der Waals surface area contributed by atoms with Crippen LogP contribution in [0.4, 0.5) is 0 Å². The molecule has 0 aliphatic carbocycles. The van der Waals surface area contributed by atoms with Gasteiger partial charge < -0.3 is 4.74 Å². The van der Waals surface area contributed by atoms with Gasteiger partial charge in [-0.05, 0) is 37.5 Å². The molecule has 1 aromatic carbocycles. The summed E-state index contributed by atoms with van der Waals surface area (Å²) in [5, 5.41) is 2.23. The Hall–Kier alpha value is -1.43. The van der Waals surface area contributed by atoms with Crippen LogP contribution in [0.3, 0.4) is 0 Å². The maximum Gasteiger partial charge on any atom is 0.128 e. The molecular formula is C18H20N2OS2. The van der Waals surface area contributed by atoms with Crippen molar-refractivity contribution in [2.45, 2.75) is 25.8 Å². The van der Waals surface area contributed by atoms with E-state index < -0.39 is 0 Å². The van der Waals surface area contributed by atoms with Crippen molar-refractivity contribution in [1.82, 2.24) is 9.97 Å². The first-order chi connectivity index (χ1) is 11.1. The number of benzene rings is 1. The van der Waals surface area contributed by atoms with Gasteiger partial charge in [-0.15, -0.1) is 23.1 Å². The number of hydrogen-bond acceptors (Lipinski definition) is 5. The van der Waals surface area contributed by atoms with E-state index in [0.717, 1.165) is 22.2 Å². The van der Waals surface area contributed by atoms with Gasteiger partial charge in [-0.3, -0.25) is 0 Å². The highest BCUT2D eigenvalue weighted by Crippen LogP contribution is 2.41. The summed E-state index contributed by atoms with van der Waals surface area (Å²) in [5.74, 6) is 0.893. The number of ether oxygens (including phenoxy) is 1. The van der Waals surface area contributed by atoms with E-state index in [4.69, 9.17) is 4.74 Å². The highest BCUT2D eigenvalue weighted by atomic mass is 32.2. The fraction of sp³-hybridized carbons (Fsp3) is 0.333. The monoisotopic (exact) mass is 344 g/mol. The lowest BCUT2D eigenvalue weighted by molar-refractivity contribution is 0.218. The summed E-state index contributed by atoms with van der Waals surface area (Å²) >= 11 is 3.48. The third-order valence-corrected chi connectivity index (χ3v) is 5.92. The summed E-state index contributed by atoms with van der Waals surface area (Å²) < 4.78 is 5.16. The molecule has 3 nitrogen and oxygen atoms in total. The molecule has 0 spiro atoms. The molecule has 2 heterocycles. The summed E-state index contributed by atoms with van der Waals surface area (Å²) in [4.78, 5) is 11.4. The van der Waals surface area contributed by atoms with Crippen LogP contribution in [-0.2, 0) is 4.74 Å². The molecular weight excluding hydrogens is 324 g/mol. The summed E-state index contributed by atoms with van der Waals surface area (Å²) in [7, 11) is 1.73. The maximum atomic E-state index is 5.16. The fourth-order valence-electron chi connectivity index (χ4n) is 2.59. The number of methoxy groups -OCH3 is 1. The molecule has 0 radical (unpaired) electrons. The zero-order valence-electron chi connectivity index (χ0n) is 13.8. The van der Waals surface area contributed by atoms with E-state index in [1.165, 1.54) is 32.5 Å². The van der Waals surface area contributed by atoms with Gasteiger partial charge in [0.05, 0.1) is 12.0 Å². The minimum absolute atomic E-state index is 0.720. The molecule has 5 heteroatoms. The Labute approximate surface area is 145 Å². The number of nitrogens with zero attached hydrogens (tertiary/aromatic N) is 2. The molecule has 23 heavy (non-hydrogen) atoms. The highest BCUT2D eigenvalue weighted by Gasteiger charge is 2.17. The molecule has 0 amide bonds. The molecule has 0 fully saturated rings. The van der Waals surface area contributed by atoms with Gasteiger partial charge in [0.25, 0.3) is 0 Å². The first-order valence-electron chi connectivity index (χ1n) is 7.55. The van der Waals surface area contributed by atoms with Crippen molar-refractivity contribution in [3.8, 4) is 11.1 Å². The van der Waals surface area contributed by atoms with Gasteiger partial charge in [0, 0.05) is 23.3 Å². The van der Waals surface area contributed by atoms with Crippen molar-refractivity contribution < 1.29 is 4.74 Å². The van der Waals surface area contributed by atoms with Crippen molar-refractivity contribution >= 4 is 33.3 Å². The van der Waals surface area contributed by atoms with E-state index >= 15 is 0 Å². The van der Waals surface area contributed by atoms with Crippen LogP contribution >= 0.6 is 23.1 Å². The minimum Gasteiger partial charge on any atom is -0.384 e. The molecule has 0 saturated carbocycles. The molecule has 0 N–H and O–H groups in total. The van der Waals surface area contributed by atoms with Gasteiger partial charge in [-0.1, -0.05) is 18.2 Å². The van der Waals surface area contributed by atoms with Crippen LogP contribution in [0.2, 0.25) is 0 Å². The average molecular weight is 345 g/mol. The van der Waals surface area contributed by atoms with Gasteiger partial charge in [0.1, 0.15) is 16.2 Å². The number of rotatable bonds is 5. The molecule has 120 valence electrons. The van der Waals surface area contributed by atoms with Crippen LogP contribution < -0.4 is 0 Å². The van der Waals surface area contributed by atoms with Crippen molar-refractivity contribution in [3.05, 3.63) is 40.5 Å². The Balaban J connectivity index is 2.15. The Morgan fingerprint density at radius 3 is 2.70 bits per heavy atom. The number of thioether (sulfide) groups is 1. The molecule has 3 aromatic rings. The van der Waals surface area contributed by atoms with Crippen LogP contribution in [0, 0.1) is 20.8 Å². The Kier molecular flexibility index (Phi) is 4.99. The Morgan fingerprint density at radius 2 is 1.96 bits per heavy atom. The van der Waals surface area contributed by atoms with Crippen LogP contribution in [0.1, 0.15) is 16.0 Å². The maximum absolute atomic E-state index is 5.16. The lowest BCUT2D eigenvalue weighted by Gasteiger charge is -2.08. The molecule has 0 aliphatic rings. The summed E-state index contributed by atoms with van der Waals surface area (Å²) in [6.45, 7) is 7.19. The molecule has 0 unspecified atom stereocenters. The second-order valence-electron chi connectivity index (χ2n) is 5.53. The first-order valence-corrected chi connectivity index (χ1v) is 9.35. The van der Waals surface area contributed by atoms with Crippen LogP contribution in [0.25, 0.3) is 21.3 Å². The van der Waals surface area contributed by atoms with Crippen molar-refractivity contribution in [2.24, 2.45) is 0 Å². The molecule has 0 atom stereocenters. The first kappa shape index (κ1) is 16.4. The molecule has 3 rings (SSSR count). The second-order valence-corrected chi connectivity index (χ2v) is 7.82. The summed E-state index contributed by atoms with van der Waals surface area (Å²) in [6.07, 6.45) is 1.66. The van der Waals surface area contributed by atoms with Gasteiger partial charge in [0.2, 0.25) is 0 Å².